The van der Waals surface area contributed by atoms with E-state index in [4.69, 9.17) is 5.73 Å². The monoisotopic (exact) mass is 416 g/mol. The molecular weight excluding hydrogens is 388 g/mol. The molecule has 0 unspecified atom stereocenters. The number of rotatable bonds is 7. The fourth-order valence-corrected chi connectivity index (χ4v) is 4.18. The van der Waals surface area contributed by atoms with E-state index in [9.17, 15) is 9.59 Å². The minimum atomic E-state index is -0.684. The highest BCUT2D eigenvalue weighted by Crippen LogP contribution is 2.21. The summed E-state index contributed by atoms with van der Waals surface area (Å²) >= 11 is 0. The van der Waals surface area contributed by atoms with Crippen LogP contribution in [-0.4, -0.2) is 40.8 Å². The second kappa shape index (κ2) is 9.71. The summed E-state index contributed by atoms with van der Waals surface area (Å²) in [5.41, 5.74) is 8.70. The molecule has 0 radical (unpaired) electrons. The third-order valence-electron chi connectivity index (χ3n) is 5.95. The van der Waals surface area contributed by atoms with Gasteiger partial charge in [-0.1, -0.05) is 48.5 Å². The fourth-order valence-electron chi connectivity index (χ4n) is 4.18. The van der Waals surface area contributed by atoms with Crippen LogP contribution in [0.5, 0.6) is 0 Å². The van der Waals surface area contributed by atoms with Crippen LogP contribution >= 0.6 is 0 Å². The normalized spacial score (nSPS) is 16.1. The SMILES string of the molecule is NC(=O)[C@H](Cc1ccccc1)NC(=O)C1CCN(Cc2cnc3ccccc3c2)CC1. The number of nitrogens with one attached hydrogen (secondary N) is 1. The number of aromatic nitrogens is 1. The second-order valence-electron chi connectivity index (χ2n) is 8.24. The van der Waals surface area contributed by atoms with Crippen LogP contribution in [0.2, 0.25) is 0 Å². The van der Waals surface area contributed by atoms with Crippen LogP contribution in [0.3, 0.4) is 0 Å². The summed E-state index contributed by atoms with van der Waals surface area (Å²) in [6, 6.07) is 19.2. The summed E-state index contributed by atoms with van der Waals surface area (Å²) in [5.74, 6) is -0.672. The number of hydrogen-bond donors (Lipinski definition) is 2. The Balaban J connectivity index is 1.30. The van der Waals surface area contributed by atoms with Crippen molar-refractivity contribution in [1.82, 2.24) is 15.2 Å². The van der Waals surface area contributed by atoms with Crippen molar-refractivity contribution in [3.05, 3.63) is 78.0 Å². The number of piperidine rings is 1. The molecule has 2 heterocycles. The van der Waals surface area contributed by atoms with Crippen molar-refractivity contribution in [2.45, 2.75) is 31.8 Å². The van der Waals surface area contributed by atoms with Gasteiger partial charge >= 0.3 is 0 Å². The summed E-state index contributed by atoms with van der Waals surface area (Å²) in [6.45, 7) is 2.50. The van der Waals surface area contributed by atoms with Crippen molar-refractivity contribution in [3.8, 4) is 0 Å². The molecule has 6 heteroatoms. The fraction of sp³-hybridized carbons (Fsp3) is 0.320. The van der Waals surface area contributed by atoms with E-state index >= 15 is 0 Å². The highest BCUT2D eigenvalue weighted by Gasteiger charge is 2.28. The van der Waals surface area contributed by atoms with E-state index in [0.717, 1.165) is 48.9 Å². The van der Waals surface area contributed by atoms with Gasteiger partial charge in [0, 0.05) is 30.5 Å². The van der Waals surface area contributed by atoms with Gasteiger partial charge in [0.1, 0.15) is 6.04 Å². The maximum atomic E-state index is 12.8. The average molecular weight is 417 g/mol. The number of primary amides is 1. The molecule has 0 bridgehead atoms. The predicted molar refractivity (Wildman–Crippen MR) is 121 cm³/mol. The Morgan fingerprint density at radius 3 is 2.48 bits per heavy atom. The van der Waals surface area contributed by atoms with Crippen LogP contribution in [-0.2, 0) is 22.6 Å². The molecule has 160 valence electrons. The zero-order valence-corrected chi connectivity index (χ0v) is 17.5. The molecule has 1 saturated heterocycles. The molecule has 1 aromatic heterocycles. The lowest BCUT2D eigenvalue weighted by molar-refractivity contribution is -0.131. The second-order valence-corrected chi connectivity index (χ2v) is 8.24. The van der Waals surface area contributed by atoms with E-state index in [2.05, 4.69) is 27.3 Å². The lowest BCUT2D eigenvalue weighted by Crippen LogP contribution is -2.49. The highest BCUT2D eigenvalue weighted by atomic mass is 16.2. The number of para-hydroxylation sites is 1. The summed E-state index contributed by atoms with van der Waals surface area (Å²) in [7, 11) is 0. The lowest BCUT2D eigenvalue weighted by Gasteiger charge is -2.32. The van der Waals surface area contributed by atoms with Gasteiger partial charge in [0.25, 0.3) is 0 Å². The van der Waals surface area contributed by atoms with Crippen molar-refractivity contribution in [2.24, 2.45) is 11.7 Å². The number of benzene rings is 2. The standard InChI is InChI=1S/C25H28N4O2/c26-24(30)23(15-18-6-2-1-3-7-18)28-25(31)20-10-12-29(13-11-20)17-19-14-21-8-4-5-9-22(21)27-16-19/h1-9,14,16,20,23H,10-13,15,17H2,(H2,26,30)(H,28,31)/t23-/m0/s1. The van der Waals surface area contributed by atoms with Crippen molar-refractivity contribution in [2.75, 3.05) is 13.1 Å². The van der Waals surface area contributed by atoms with Gasteiger partial charge in [-0.3, -0.25) is 19.5 Å². The van der Waals surface area contributed by atoms with Gasteiger partial charge in [-0.25, -0.2) is 0 Å². The first-order valence-electron chi connectivity index (χ1n) is 10.8. The summed E-state index contributed by atoms with van der Waals surface area (Å²) in [4.78, 5) is 31.5. The average Bonchev–Trinajstić information content (AvgIpc) is 2.79. The smallest absolute Gasteiger partial charge is 0.240 e. The van der Waals surface area contributed by atoms with Crippen LogP contribution in [0.25, 0.3) is 10.9 Å². The van der Waals surface area contributed by atoms with Gasteiger partial charge in [-0.2, -0.15) is 0 Å². The number of fused-ring (bicyclic) bond motifs is 1. The molecule has 2 amide bonds. The molecule has 1 atom stereocenters. The first kappa shape index (κ1) is 21.0. The maximum absolute atomic E-state index is 12.8. The summed E-state index contributed by atoms with van der Waals surface area (Å²) < 4.78 is 0. The van der Waals surface area contributed by atoms with E-state index in [0.29, 0.717) is 6.42 Å². The number of carbonyl (C=O) groups excluding carboxylic acids is 2. The summed E-state index contributed by atoms with van der Waals surface area (Å²) in [5, 5.41) is 4.02. The minimum Gasteiger partial charge on any atom is -0.368 e. The van der Waals surface area contributed by atoms with Crippen LogP contribution in [0.15, 0.2) is 66.9 Å². The van der Waals surface area contributed by atoms with Gasteiger partial charge in [-0.15, -0.1) is 0 Å². The van der Waals surface area contributed by atoms with E-state index < -0.39 is 11.9 Å². The first-order valence-corrected chi connectivity index (χ1v) is 10.8. The van der Waals surface area contributed by atoms with Crippen LogP contribution < -0.4 is 11.1 Å². The maximum Gasteiger partial charge on any atom is 0.240 e. The Hall–Kier alpha value is -3.25. The highest BCUT2D eigenvalue weighted by molar-refractivity contribution is 5.87. The quantitative estimate of drug-likeness (QED) is 0.620. The molecule has 4 rings (SSSR count). The number of nitrogens with two attached hydrogens (primary N) is 1. The van der Waals surface area contributed by atoms with E-state index in [1.165, 1.54) is 5.56 Å². The van der Waals surface area contributed by atoms with E-state index in [1.807, 2.05) is 54.7 Å². The zero-order valence-electron chi connectivity index (χ0n) is 17.5. The molecule has 2 aromatic carbocycles. The molecule has 1 aliphatic rings. The van der Waals surface area contributed by atoms with E-state index in [-0.39, 0.29) is 11.8 Å². The van der Waals surface area contributed by atoms with E-state index in [1.54, 1.807) is 0 Å². The third kappa shape index (κ3) is 5.47. The molecule has 3 aromatic rings. The first-order chi connectivity index (χ1) is 15.1. The Bertz CT molecular complexity index is 1050. The number of carbonyl (C=O) groups is 2. The number of amides is 2. The number of likely N-dealkylation sites (tertiary alicyclic amines) is 1. The van der Waals surface area contributed by atoms with Crippen LogP contribution in [0.4, 0.5) is 0 Å². The zero-order chi connectivity index (χ0) is 21.6. The largest absolute Gasteiger partial charge is 0.368 e. The van der Waals surface area contributed by atoms with Gasteiger partial charge in [-0.05, 0) is 49.2 Å². The van der Waals surface area contributed by atoms with Crippen LogP contribution in [0, 0.1) is 5.92 Å². The summed E-state index contributed by atoms with van der Waals surface area (Å²) in [6.07, 6.45) is 3.88. The van der Waals surface area contributed by atoms with Crippen molar-refractivity contribution in [3.63, 3.8) is 0 Å². The van der Waals surface area contributed by atoms with Crippen LogP contribution in [0.1, 0.15) is 24.0 Å². The minimum absolute atomic E-state index is 0.0771. The Labute approximate surface area is 182 Å². The van der Waals surface area contributed by atoms with Gasteiger partial charge in [0.15, 0.2) is 0 Å². The molecule has 0 spiro atoms. The topological polar surface area (TPSA) is 88.3 Å². The Morgan fingerprint density at radius 2 is 1.74 bits per heavy atom. The van der Waals surface area contributed by atoms with Gasteiger partial charge in [0.2, 0.25) is 11.8 Å². The van der Waals surface area contributed by atoms with Crippen molar-refractivity contribution < 1.29 is 9.59 Å². The van der Waals surface area contributed by atoms with Gasteiger partial charge in [0.05, 0.1) is 5.52 Å². The molecule has 6 nitrogen and oxygen atoms in total. The van der Waals surface area contributed by atoms with Crippen molar-refractivity contribution in [1.29, 1.82) is 0 Å². The molecule has 1 fully saturated rings. The number of pyridine rings is 1. The third-order valence-corrected chi connectivity index (χ3v) is 5.95. The lowest BCUT2D eigenvalue weighted by atomic mass is 9.94. The molecule has 0 aliphatic carbocycles. The number of nitrogens with zero attached hydrogens (tertiary/aromatic N) is 2. The van der Waals surface area contributed by atoms with Crippen molar-refractivity contribution >= 4 is 22.7 Å². The molecular formula is C25H28N4O2. The predicted octanol–water partition coefficient (Wildman–Crippen LogP) is 2.66. The Kier molecular flexibility index (Phi) is 6.57. The molecule has 31 heavy (non-hydrogen) atoms. The molecule has 3 N–H and O–H groups in total. The Morgan fingerprint density at radius 1 is 1.03 bits per heavy atom. The molecule has 1 aliphatic heterocycles. The van der Waals surface area contributed by atoms with Gasteiger partial charge < -0.3 is 11.1 Å². The molecule has 0 saturated carbocycles. The number of hydrogen-bond acceptors (Lipinski definition) is 4.